The van der Waals surface area contributed by atoms with Gasteiger partial charge in [-0.05, 0) is 40.5 Å². The van der Waals surface area contributed by atoms with Crippen LogP contribution in [0.25, 0.3) is 78.0 Å². The van der Waals surface area contributed by atoms with Crippen molar-refractivity contribution in [1.29, 1.82) is 0 Å². The monoisotopic (exact) mass is 739 g/mol. The third-order valence-electron chi connectivity index (χ3n) is 11.9. The SMILES string of the molecule is c1ccc(-c2cc(-c3ccc4c(c3)nc(-c3ccccc3)c3ccc5c(c34)Oc3ccccc3C53c4ccccc4-c4ccccc43)nc(-c3ccccc3)n2)cc1. The molecule has 0 saturated heterocycles. The van der Waals surface area contributed by atoms with Gasteiger partial charge in [-0.1, -0.05) is 182 Å². The lowest BCUT2D eigenvalue weighted by Gasteiger charge is -2.40. The van der Waals surface area contributed by atoms with Crippen molar-refractivity contribution in [2.45, 2.75) is 5.41 Å². The van der Waals surface area contributed by atoms with Gasteiger partial charge in [-0.2, -0.15) is 0 Å². The first kappa shape index (κ1) is 32.5. The molecule has 4 heteroatoms. The number of pyridine rings is 1. The lowest BCUT2D eigenvalue weighted by atomic mass is 9.65. The maximum absolute atomic E-state index is 7.20. The number of rotatable bonds is 4. The Morgan fingerprint density at radius 1 is 0.379 bits per heavy atom. The predicted octanol–water partition coefficient (Wildman–Crippen LogP) is 13.3. The average Bonchev–Trinajstić information content (AvgIpc) is 3.59. The molecule has 2 aliphatic rings. The first-order valence-electron chi connectivity index (χ1n) is 19.7. The molecule has 0 amide bonds. The van der Waals surface area contributed by atoms with Crippen LogP contribution in [0.2, 0.25) is 0 Å². The van der Waals surface area contributed by atoms with Gasteiger partial charge in [0, 0.05) is 49.5 Å². The minimum absolute atomic E-state index is 0.573. The van der Waals surface area contributed by atoms with E-state index in [1.165, 1.54) is 22.3 Å². The van der Waals surface area contributed by atoms with Gasteiger partial charge in [-0.25, -0.2) is 15.0 Å². The first-order chi connectivity index (χ1) is 28.8. The van der Waals surface area contributed by atoms with Gasteiger partial charge < -0.3 is 4.74 Å². The van der Waals surface area contributed by atoms with Crippen LogP contribution >= 0.6 is 0 Å². The third-order valence-corrected chi connectivity index (χ3v) is 11.9. The summed E-state index contributed by atoms with van der Waals surface area (Å²) >= 11 is 0. The Bertz CT molecular complexity index is 3150. The van der Waals surface area contributed by atoms with E-state index in [9.17, 15) is 0 Å². The standard InChI is InChI=1S/C54H33N3O/c1-4-16-34(17-5-1)46-33-47(57-53(56-46)36-20-8-3-9-21-36)37-28-29-40-48(32-37)55-51(35-18-6-2-7-19-35)41-30-31-45-52(50(40)41)58-49-27-15-14-26-44(49)54(45)42-24-12-10-22-38(42)39-23-11-13-25-43(39)54/h1-33H. The van der Waals surface area contributed by atoms with Crippen LogP contribution in [-0.4, -0.2) is 15.0 Å². The number of hydrogen-bond acceptors (Lipinski definition) is 4. The Kier molecular flexibility index (Phi) is 7.11. The molecule has 1 aliphatic heterocycles. The number of hydrogen-bond donors (Lipinski definition) is 0. The number of ether oxygens (including phenoxy) is 1. The van der Waals surface area contributed by atoms with Gasteiger partial charge >= 0.3 is 0 Å². The average molecular weight is 740 g/mol. The van der Waals surface area contributed by atoms with Crippen LogP contribution in [0.4, 0.5) is 0 Å². The zero-order valence-corrected chi connectivity index (χ0v) is 31.3. The summed E-state index contributed by atoms with van der Waals surface area (Å²) in [6, 6.07) is 70.5. The van der Waals surface area contributed by atoms with Crippen LogP contribution in [-0.2, 0) is 5.41 Å². The van der Waals surface area contributed by atoms with Gasteiger partial charge in [0.1, 0.15) is 11.5 Å². The number of aromatic nitrogens is 3. The van der Waals surface area contributed by atoms with Gasteiger partial charge in [0.05, 0.1) is 28.0 Å². The predicted molar refractivity (Wildman–Crippen MR) is 234 cm³/mol. The summed E-state index contributed by atoms with van der Waals surface area (Å²) in [5, 5.41) is 3.10. The van der Waals surface area contributed by atoms with Gasteiger partial charge in [0.25, 0.3) is 0 Å². The molecule has 58 heavy (non-hydrogen) atoms. The topological polar surface area (TPSA) is 47.9 Å². The molecule has 1 spiro atoms. The molecule has 12 rings (SSSR count). The molecule has 2 aromatic heterocycles. The van der Waals surface area contributed by atoms with Crippen LogP contribution in [0.5, 0.6) is 11.5 Å². The van der Waals surface area contributed by atoms with E-state index in [-0.39, 0.29) is 0 Å². The fraction of sp³-hybridized carbons (Fsp3) is 0.0185. The highest BCUT2D eigenvalue weighted by molar-refractivity contribution is 6.15. The number of benzene rings is 8. The highest BCUT2D eigenvalue weighted by atomic mass is 16.5. The summed E-state index contributed by atoms with van der Waals surface area (Å²) in [5.74, 6) is 2.40. The van der Waals surface area contributed by atoms with Crippen molar-refractivity contribution in [3.05, 3.63) is 222 Å². The lowest BCUT2D eigenvalue weighted by molar-refractivity contribution is 0.442. The molecule has 0 unspecified atom stereocenters. The van der Waals surface area contributed by atoms with Gasteiger partial charge in [-0.15, -0.1) is 0 Å². The summed E-state index contributed by atoms with van der Waals surface area (Å²) in [6.07, 6.45) is 0. The molecule has 0 saturated carbocycles. The van der Waals surface area contributed by atoms with Gasteiger partial charge in [0.15, 0.2) is 5.82 Å². The van der Waals surface area contributed by atoms with E-state index in [4.69, 9.17) is 19.7 Å². The second-order valence-corrected chi connectivity index (χ2v) is 15.1. The second-order valence-electron chi connectivity index (χ2n) is 15.1. The maximum atomic E-state index is 7.20. The normalized spacial score (nSPS) is 13.1. The Balaban J connectivity index is 1.16. The molecule has 0 radical (unpaired) electrons. The molecular weight excluding hydrogens is 707 g/mol. The molecule has 0 bridgehead atoms. The zero-order chi connectivity index (χ0) is 38.2. The molecule has 3 heterocycles. The quantitative estimate of drug-likeness (QED) is 0.169. The van der Waals surface area contributed by atoms with E-state index in [2.05, 4.69) is 164 Å². The van der Waals surface area contributed by atoms with Crippen molar-refractivity contribution in [2.75, 3.05) is 0 Å². The van der Waals surface area contributed by atoms with Crippen LogP contribution in [0.3, 0.4) is 0 Å². The Morgan fingerprint density at radius 2 is 0.931 bits per heavy atom. The van der Waals surface area contributed by atoms with Crippen molar-refractivity contribution in [3.63, 3.8) is 0 Å². The Hall–Kier alpha value is -7.69. The fourth-order valence-corrected chi connectivity index (χ4v) is 9.44. The first-order valence-corrected chi connectivity index (χ1v) is 19.7. The zero-order valence-electron chi connectivity index (χ0n) is 31.3. The summed E-state index contributed by atoms with van der Waals surface area (Å²) < 4.78 is 7.20. The van der Waals surface area contributed by atoms with Crippen molar-refractivity contribution in [1.82, 2.24) is 15.0 Å². The molecule has 0 fully saturated rings. The number of fused-ring (bicyclic) bond motifs is 13. The molecule has 0 N–H and O–H groups in total. The highest BCUT2D eigenvalue weighted by Crippen LogP contribution is 2.63. The van der Waals surface area contributed by atoms with Crippen LogP contribution in [0.15, 0.2) is 200 Å². The minimum atomic E-state index is -0.573. The van der Waals surface area contributed by atoms with Crippen molar-refractivity contribution < 1.29 is 4.74 Å². The van der Waals surface area contributed by atoms with Crippen LogP contribution in [0.1, 0.15) is 22.3 Å². The van der Waals surface area contributed by atoms with Gasteiger partial charge in [-0.3, -0.25) is 0 Å². The molecule has 10 aromatic rings. The summed E-state index contributed by atoms with van der Waals surface area (Å²) in [6.45, 7) is 0. The van der Waals surface area contributed by atoms with E-state index in [0.717, 1.165) is 83.6 Å². The molecule has 0 atom stereocenters. The van der Waals surface area contributed by atoms with E-state index in [0.29, 0.717) is 5.82 Å². The van der Waals surface area contributed by atoms with E-state index < -0.39 is 5.41 Å². The van der Waals surface area contributed by atoms with Crippen molar-refractivity contribution >= 4 is 21.7 Å². The Morgan fingerprint density at radius 3 is 1.62 bits per heavy atom. The van der Waals surface area contributed by atoms with Crippen LogP contribution in [0, 0.1) is 0 Å². The Labute approximate surface area is 335 Å². The summed E-state index contributed by atoms with van der Waals surface area (Å²) in [4.78, 5) is 15.7. The lowest BCUT2D eigenvalue weighted by Crippen LogP contribution is -2.32. The van der Waals surface area contributed by atoms with E-state index in [1.807, 2.05) is 36.4 Å². The molecule has 270 valence electrons. The van der Waals surface area contributed by atoms with E-state index in [1.54, 1.807) is 0 Å². The number of para-hydroxylation sites is 1. The highest BCUT2D eigenvalue weighted by Gasteiger charge is 2.51. The van der Waals surface area contributed by atoms with Crippen molar-refractivity contribution in [2.24, 2.45) is 0 Å². The fourth-order valence-electron chi connectivity index (χ4n) is 9.44. The summed E-state index contributed by atoms with van der Waals surface area (Å²) in [5.41, 5.74) is 14.2. The largest absolute Gasteiger partial charge is 0.456 e. The summed E-state index contributed by atoms with van der Waals surface area (Å²) in [7, 11) is 0. The number of nitrogens with zero attached hydrogens (tertiary/aromatic N) is 3. The minimum Gasteiger partial charge on any atom is -0.456 e. The molecule has 4 nitrogen and oxygen atoms in total. The second kappa shape index (κ2) is 12.7. The molecular formula is C54H33N3O. The van der Waals surface area contributed by atoms with E-state index >= 15 is 0 Å². The molecule has 1 aliphatic carbocycles. The third kappa shape index (κ3) is 4.72. The van der Waals surface area contributed by atoms with Gasteiger partial charge in [0.2, 0.25) is 0 Å². The van der Waals surface area contributed by atoms with Crippen molar-refractivity contribution in [3.8, 4) is 67.8 Å². The smallest absolute Gasteiger partial charge is 0.160 e. The van der Waals surface area contributed by atoms with Crippen LogP contribution < -0.4 is 4.74 Å². The maximum Gasteiger partial charge on any atom is 0.160 e. The molecule has 8 aromatic carbocycles.